The van der Waals surface area contributed by atoms with Gasteiger partial charge in [0.25, 0.3) is 0 Å². The summed E-state index contributed by atoms with van der Waals surface area (Å²) < 4.78 is 5.12. The molecule has 2 aromatic rings. The van der Waals surface area contributed by atoms with Crippen molar-refractivity contribution in [3.8, 4) is 5.75 Å². The number of para-hydroxylation sites is 1. The molecule has 0 atom stereocenters. The third-order valence-corrected chi connectivity index (χ3v) is 2.35. The molecule has 4 heteroatoms. The summed E-state index contributed by atoms with van der Waals surface area (Å²) in [7, 11) is 1.54. The molecule has 2 rings (SSSR count). The molecule has 0 fully saturated rings. The first-order chi connectivity index (χ1) is 8.33. The van der Waals surface area contributed by atoms with Gasteiger partial charge in [-0.2, -0.15) is 0 Å². The first-order valence-electron chi connectivity index (χ1n) is 5.18. The van der Waals surface area contributed by atoms with Crippen molar-refractivity contribution in [2.45, 2.75) is 0 Å². The van der Waals surface area contributed by atoms with Crippen molar-refractivity contribution in [3.63, 3.8) is 0 Å². The Hall–Kier alpha value is -2.36. The molecule has 0 radical (unpaired) electrons. The summed E-state index contributed by atoms with van der Waals surface area (Å²) in [5.41, 5.74) is 11.0. The van der Waals surface area contributed by atoms with E-state index in [4.69, 9.17) is 10.3 Å². The number of anilines is 2. The van der Waals surface area contributed by atoms with Crippen molar-refractivity contribution in [1.29, 1.82) is 0 Å². The van der Waals surface area contributed by atoms with Crippen LogP contribution in [0.2, 0.25) is 0 Å². The summed E-state index contributed by atoms with van der Waals surface area (Å²) in [4.78, 5) is 0. The molecule has 1 N–H and O–H groups in total. The zero-order chi connectivity index (χ0) is 12.1. The Balaban J connectivity index is 2.25. The van der Waals surface area contributed by atoms with Crippen LogP contribution >= 0.6 is 0 Å². The average molecular weight is 226 g/mol. The van der Waals surface area contributed by atoms with Crippen molar-refractivity contribution >= 4 is 17.1 Å². The summed E-state index contributed by atoms with van der Waals surface area (Å²) in [5, 5.41) is 6.36. The van der Waals surface area contributed by atoms with Gasteiger partial charge in [0.2, 0.25) is 0 Å². The van der Waals surface area contributed by atoms with Crippen LogP contribution in [0.1, 0.15) is 0 Å². The van der Waals surface area contributed by atoms with Gasteiger partial charge >= 0.3 is 0 Å². The molecule has 0 unspecified atom stereocenters. The van der Waals surface area contributed by atoms with Crippen molar-refractivity contribution in [1.82, 2.24) is 0 Å². The quantitative estimate of drug-likeness (QED) is 0.798. The molecule has 86 valence electrons. The van der Waals surface area contributed by atoms with E-state index in [1.165, 1.54) is 7.11 Å². The van der Waals surface area contributed by atoms with Gasteiger partial charge in [-0.05, 0) is 24.3 Å². The minimum absolute atomic E-state index is 0.408. The topological polar surface area (TPSA) is 55.9 Å². The first-order valence-corrected chi connectivity index (χ1v) is 5.18. The molecule has 0 saturated heterocycles. The van der Waals surface area contributed by atoms with Gasteiger partial charge in [-0.3, -0.25) is 0 Å². The van der Waals surface area contributed by atoms with E-state index < -0.39 is 0 Å². The summed E-state index contributed by atoms with van der Waals surface area (Å²) >= 11 is 0. The first kappa shape index (κ1) is 11.1. The smallest absolute Gasteiger partial charge is 0.144 e. The monoisotopic (exact) mass is 226 g/mol. The minimum Gasteiger partial charge on any atom is -0.706 e. The summed E-state index contributed by atoms with van der Waals surface area (Å²) in [6.45, 7) is 0. The highest BCUT2D eigenvalue weighted by atomic mass is 16.5. The van der Waals surface area contributed by atoms with Crippen LogP contribution in [0.15, 0.2) is 53.6 Å². The normalized spacial score (nSPS) is 9.71. The lowest BCUT2D eigenvalue weighted by atomic mass is 10.2. The van der Waals surface area contributed by atoms with E-state index in [-0.39, 0.29) is 0 Å². The molecule has 2 aromatic carbocycles. The van der Waals surface area contributed by atoms with Gasteiger partial charge in [0, 0.05) is 17.4 Å². The molecular formula is C13H12N3O-. The molecule has 0 heterocycles. The Bertz CT molecular complexity index is 511. The van der Waals surface area contributed by atoms with Gasteiger partial charge in [-0.1, -0.05) is 18.2 Å². The molecule has 0 aliphatic carbocycles. The van der Waals surface area contributed by atoms with Crippen LogP contribution in [0.4, 0.5) is 17.1 Å². The van der Waals surface area contributed by atoms with Crippen LogP contribution in [0.5, 0.6) is 5.75 Å². The van der Waals surface area contributed by atoms with E-state index in [9.17, 15) is 0 Å². The number of rotatable bonds is 4. The molecule has 0 aromatic heterocycles. The number of nitrogens with one attached hydrogen (secondary N) is 1. The van der Waals surface area contributed by atoms with Gasteiger partial charge in [-0.25, -0.2) is 0 Å². The SMILES string of the molecule is COc1cc(Nc2ccccc2)ccc1N=[N-]. The zero-order valence-corrected chi connectivity index (χ0v) is 9.42. The Labute approximate surface area is 99.8 Å². The molecule has 4 nitrogen and oxygen atoms in total. The van der Waals surface area contributed by atoms with Crippen LogP contribution in [-0.2, 0) is 0 Å². The van der Waals surface area contributed by atoms with Crippen LogP contribution in [0.3, 0.4) is 0 Å². The van der Waals surface area contributed by atoms with E-state index in [1.807, 2.05) is 36.4 Å². The predicted molar refractivity (Wildman–Crippen MR) is 68.2 cm³/mol. The maximum Gasteiger partial charge on any atom is 0.144 e. The van der Waals surface area contributed by atoms with E-state index in [2.05, 4.69) is 10.4 Å². The van der Waals surface area contributed by atoms with E-state index >= 15 is 0 Å². The fourth-order valence-corrected chi connectivity index (χ4v) is 1.53. The number of hydrogen-bond donors (Lipinski definition) is 1. The van der Waals surface area contributed by atoms with E-state index in [0.717, 1.165) is 11.4 Å². The molecular weight excluding hydrogens is 214 g/mol. The highest BCUT2D eigenvalue weighted by molar-refractivity contribution is 5.66. The number of ether oxygens (including phenoxy) is 1. The van der Waals surface area contributed by atoms with Crippen LogP contribution in [0.25, 0.3) is 5.53 Å². The highest BCUT2D eigenvalue weighted by Crippen LogP contribution is 2.31. The second-order valence-electron chi connectivity index (χ2n) is 3.48. The third kappa shape index (κ3) is 2.60. The molecule has 0 saturated carbocycles. The van der Waals surface area contributed by atoms with Crippen LogP contribution in [-0.4, -0.2) is 7.11 Å². The van der Waals surface area contributed by atoms with Crippen molar-refractivity contribution in [2.24, 2.45) is 5.11 Å². The minimum atomic E-state index is 0.408. The molecule has 0 aliphatic heterocycles. The Kier molecular flexibility index (Phi) is 3.35. The predicted octanol–water partition coefficient (Wildman–Crippen LogP) is 4.09. The number of methoxy groups -OCH3 is 1. The number of nitrogens with zero attached hydrogens (tertiary/aromatic N) is 2. The van der Waals surface area contributed by atoms with Gasteiger partial charge < -0.3 is 20.7 Å². The lowest BCUT2D eigenvalue weighted by Gasteiger charge is -2.10. The van der Waals surface area contributed by atoms with Crippen molar-refractivity contribution < 1.29 is 4.74 Å². The lowest BCUT2D eigenvalue weighted by molar-refractivity contribution is 0.416. The van der Waals surface area contributed by atoms with Crippen molar-refractivity contribution in [3.05, 3.63) is 54.1 Å². The summed E-state index contributed by atoms with van der Waals surface area (Å²) in [5.74, 6) is 0.522. The fraction of sp³-hybridized carbons (Fsp3) is 0.0769. The molecule has 0 spiro atoms. The van der Waals surface area contributed by atoms with E-state index in [1.54, 1.807) is 12.1 Å². The Morgan fingerprint density at radius 2 is 1.82 bits per heavy atom. The van der Waals surface area contributed by atoms with Crippen LogP contribution < -0.4 is 10.1 Å². The third-order valence-electron chi connectivity index (χ3n) is 2.35. The highest BCUT2D eigenvalue weighted by Gasteiger charge is 2.01. The summed E-state index contributed by atoms with van der Waals surface area (Å²) in [6, 6.07) is 15.1. The molecule has 0 amide bonds. The number of hydrogen-bond acceptors (Lipinski definition) is 3. The fourth-order valence-electron chi connectivity index (χ4n) is 1.53. The number of benzene rings is 2. The maximum atomic E-state index is 8.75. The van der Waals surface area contributed by atoms with Gasteiger partial charge in [-0.15, -0.1) is 0 Å². The second kappa shape index (κ2) is 5.12. The average Bonchev–Trinajstić information content (AvgIpc) is 2.40. The van der Waals surface area contributed by atoms with Crippen molar-refractivity contribution in [2.75, 3.05) is 12.4 Å². The summed E-state index contributed by atoms with van der Waals surface area (Å²) in [6.07, 6.45) is 0. The lowest BCUT2D eigenvalue weighted by Crippen LogP contribution is -1.91. The maximum absolute atomic E-state index is 8.75. The largest absolute Gasteiger partial charge is 0.706 e. The zero-order valence-electron chi connectivity index (χ0n) is 9.42. The van der Waals surface area contributed by atoms with Gasteiger partial charge in [0.05, 0.1) is 12.8 Å². The van der Waals surface area contributed by atoms with Gasteiger partial charge in [0.15, 0.2) is 0 Å². The molecule has 0 bridgehead atoms. The Morgan fingerprint density at radius 1 is 1.06 bits per heavy atom. The second-order valence-corrected chi connectivity index (χ2v) is 3.48. The standard InChI is InChI=1S/C13H12N3O/c1-17-13-9-11(7-8-12(13)16-14)15-10-5-3-2-4-6-10/h2-9,15H,1H3/q-1. The van der Waals surface area contributed by atoms with E-state index in [0.29, 0.717) is 11.4 Å². The Morgan fingerprint density at radius 3 is 2.47 bits per heavy atom. The van der Waals surface area contributed by atoms with Crippen LogP contribution in [0, 0.1) is 0 Å². The molecule has 0 aliphatic rings. The van der Waals surface area contributed by atoms with Gasteiger partial charge in [0.1, 0.15) is 5.75 Å². The molecule has 17 heavy (non-hydrogen) atoms.